The van der Waals surface area contributed by atoms with Gasteiger partial charge in [-0.05, 0) is 230 Å². The fourth-order valence-electron chi connectivity index (χ4n) is 9.93. The third-order valence-corrected chi connectivity index (χ3v) is 17.0. The third kappa shape index (κ3) is 41.8. The van der Waals surface area contributed by atoms with E-state index >= 15 is 0 Å². The number of rotatable bonds is 22. The number of ether oxygens (including phenoxy) is 16. The predicted octanol–water partition coefficient (Wildman–Crippen LogP) is 21.8. The number of hydrogen-bond acceptors (Lipinski definition) is 21. The number of carbonyl (C=O) groups excluding carboxylic acids is 5. The van der Waals surface area contributed by atoms with Crippen LogP contribution in [0.3, 0.4) is 0 Å². The van der Waals surface area contributed by atoms with E-state index in [2.05, 4.69) is 99.9 Å². The molecule has 0 amide bonds. The van der Waals surface area contributed by atoms with Crippen LogP contribution < -0.4 is 52.1 Å². The van der Waals surface area contributed by atoms with E-state index < -0.39 is 23.9 Å². The van der Waals surface area contributed by atoms with Gasteiger partial charge < -0.3 is 75.8 Å². The third-order valence-electron chi connectivity index (χ3n) is 17.0. The minimum Gasteiger partial charge on any atom is -0.497 e. The fourth-order valence-corrected chi connectivity index (χ4v) is 9.93. The summed E-state index contributed by atoms with van der Waals surface area (Å²) in [6.45, 7) is 14.8. The number of benzene rings is 12. The Labute approximate surface area is 719 Å². The highest BCUT2D eigenvalue weighted by Crippen LogP contribution is 2.34. The van der Waals surface area contributed by atoms with Gasteiger partial charge in [0.05, 0.1) is 103 Å². The normalized spacial score (nSPS) is 9.57. The molecular weight excluding hydrogens is 1550 g/mol. The zero-order valence-corrected chi connectivity index (χ0v) is 73.6. The van der Waals surface area contributed by atoms with E-state index in [1.165, 1.54) is 111 Å². The van der Waals surface area contributed by atoms with Crippen molar-refractivity contribution in [3.05, 3.63) is 348 Å². The van der Waals surface area contributed by atoms with Crippen molar-refractivity contribution >= 4 is 29.8 Å². The van der Waals surface area contributed by atoms with Crippen molar-refractivity contribution < 1.29 is 99.8 Å². The number of hydrogen-bond donors (Lipinski definition) is 0. The molecule has 21 heteroatoms. The van der Waals surface area contributed by atoms with E-state index in [1.54, 1.807) is 64.0 Å². The van der Waals surface area contributed by atoms with Crippen LogP contribution in [0.2, 0.25) is 0 Å². The molecule has 0 aliphatic carbocycles. The molecule has 0 aliphatic rings. The molecule has 122 heavy (non-hydrogen) atoms. The first-order valence-electron chi connectivity index (χ1n) is 38.5. The maximum absolute atomic E-state index is 11.0. The molecule has 0 heterocycles. The second-order valence-electron chi connectivity index (χ2n) is 25.9. The van der Waals surface area contributed by atoms with Crippen molar-refractivity contribution in [3.8, 4) is 80.1 Å². The molecule has 21 nitrogen and oxygen atoms in total. The van der Waals surface area contributed by atoms with Crippen molar-refractivity contribution in [2.75, 3.05) is 98.7 Å². The van der Waals surface area contributed by atoms with Gasteiger partial charge in [-0.3, -0.25) is 14.4 Å². The van der Waals surface area contributed by atoms with Gasteiger partial charge >= 0.3 is 29.8 Å². The zero-order chi connectivity index (χ0) is 89.9. The highest BCUT2D eigenvalue weighted by atomic mass is 16.7. The van der Waals surface area contributed by atoms with Crippen molar-refractivity contribution in [2.45, 2.75) is 67.2 Å². The maximum Gasteiger partial charge on any atom is 0.337 e. The van der Waals surface area contributed by atoms with Crippen LogP contribution in [-0.4, -0.2) is 129 Å². The van der Waals surface area contributed by atoms with Gasteiger partial charge in [0.1, 0.15) is 69.0 Å². The van der Waals surface area contributed by atoms with E-state index in [4.69, 9.17) is 52.1 Å². The fraction of sp³-hybridized carbons (Fsp3) is 0.238. The molecule has 0 unspecified atom stereocenters. The number of aryl methyl sites for hydroxylation is 2. The lowest BCUT2D eigenvalue weighted by Gasteiger charge is -2.26. The quantitative estimate of drug-likeness (QED) is 0.0348. The van der Waals surface area contributed by atoms with E-state index in [1.807, 2.05) is 237 Å². The summed E-state index contributed by atoms with van der Waals surface area (Å²) in [4.78, 5) is 51.7. The van der Waals surface area contributed by atoms with Crippen molar-refractivity contribution in [1.29, 1.82) is 0 Å². The number of methoxy groups -OCH3 is 12. The van der Waals surface area contributed by atoms with Gasteiger partial charge in [0.25, 0.3) is 0 Å². The van der Waals surface area contributed by atoms with Gasteiger partial charge in [0, 0.05) is 26.2 Å². The molecular formula is C101H116O21. The molecule has 0 spiro atoms. The molecule has 12 rings (SSSR count). The number of esters is 5. The summed E-state index contributed by atoms with van der Waals surface area (Å²) in [7, 11) is 19.0. The molecule has 0 aromatic heterocycles. The lowest BCUT2D eigenvalue weighted by Crippen LogP contribution is -2.18. The van der Waals surface area contributed by atoms with Gasteiger partial charge in [0.2, 0.25) is 6.79 Å². The van der Waals surface area contributed by atoms with Gasteiger partial charge in [-0.25, -0.2) is 9.59 Å². The Hall–Kier alpha value is -14.2. The average molecular weight is 1670 g/mol. The molecule has 12 aromatic carbocycles. The topological polar surface area (TPSA) is 233 Å². The van der Waals surface area contributed by atoms with E-state index in [-0.39, 0.29) is 18.2 Å². The van der Waals surface area contributed by atoms with Gasteiger partial charge in [-0.15, -0.1) is 0 Å². The minimum absolute atomic E-state index is 0.0431. The Balaban J connectivity index is 0.000000357. The summed E-state index contributed by atoms with van der Waals surface area (Å²) in [6.07, 6.45) is 0.925. The monoisotopic (exact) mass is 1660 g/mol. The highest BCUT2D eigenvalue weighted by Gasteiger charge is 2.23. The van der Waals surface area contributed by atoms with Crippen LogP contribution in [0.25, 0.3) is 11.1 Å². The maximum atomic E-state index is 11.0. The summed E-state index contributed by atoms with van der Waals surface area (Å²) >= 11 is 0. The summed E-state index contributed by atoms with van der Waals surface area (Å²) < 4.78 is 78.6. The van der Waals surface area contributed by atoms with Crippen LogP contribution in [0.1, 0.15) is 95.6 Å². The van der Waals surface area contributed by atoms with Crippen LogP contribution in [-0.2, 0) is 49.9 Å². The lowest BCUT2D eigenvalue weighted by atomic mass is 9.78. The molecule has 0 atom stereocenters. The molecule has 646 valence electrons. The lowest BCUT2D eigenvalue weighted by molar-refractivity contribution is -0.164. The predicted molar refractivity (Wildman–Crippen MR) is 480 cm³/mol. The van der Waals surface area contributed by atoms with Crippen molar-refractivity contribution in [2.24, 2.45) is 0 Å². The standard InChI is InChI=1S/C17H20O2.C15H16O2.C14H14O3.C14H14O2.C10H10O4.C9H12O.C8H10O.C6H6.C5H8O4.C3H6O2/c1-17(2,13-5-9-15(18-3)10-6-13)14-7-11-16(19-4)12-8-14;1-16-14-7-3-12(4-8-14)11-13-5-9-15(17-2)10-6-13;1-15-11-3-7-13(8-4-11)17-14-9-5-12(16-2)6-10-14;1-15-13-7-3-11(4-8-13)12-5-9-14(16-2)10-6-12;1-13-9(11)7-3-5-8(6-4-7)10(12)14-2;1-3-10-9-6-4-8(2)5-7-9;1-7-3-5-8(9-2)6-4-7;1-2-4-6-5-3-1;1-4(6)8-3-9-5(2)7;1-3(4)5-2/h5-12H,1-4H3;3-10H,11H2,1-2H3;3-10H,1-2H3;3-10H,1-2H3;3-6H,1-2H3;4-7H,3H2,1-2H3;3-6H,1-2H3;1-6H;3H2,1-2H3;1-2H3. The van der Waals surface area contributed by atoms with Crippen LogP contribution >= 0.6 is 0 Å². The highest BCUT2D eigenvalue weighted by molar-refractivity contribution is 5.93. The van der Waals surface area contributed by atoms with E-state index in [9.17, 15) is 24.0 Å². The first-order chi connectivity index (χ1) is 58.8. The second-order valence-corrected chi connectivity index (χ2v) is 25.9. The Kier molecular flexibility index (Phi) is 49.7. The molecule has 0 saturated carbocycles. The van der Waals surface area contributed by atoms with Gasteiger partial charge in [0.15, 0.2) is 0 Å². The van der Waals surface area contributed by atoms with Crippen LogP contribution in [0, 0.1) is 13.8 Å². The number of carbonyl (C=O) groups is 5. The molecule has 0 fully saturated rings. The van der Waals surface area contributed by atoms with Crippen molar-refractivity contribution in [1.82, 2.24) is 0 Å². The Morgan fingerprint density at radius 2 is 0.492 bits per heavy atom. The minimum atomic E-state index is -0.462. The van der Waals surface area contributed by atoms with Crippen molar-refractivity contribution in [3.63, 3.8) is 0 Å². The van der Waals surface area contributed by atoms with Crippen LogP contribution in [0.5, 0.6) is 69.0 Å². The first kappa shape index (κ1) is 102. The largest absolute Gasteiger partial charge is 0.497 e. The molecule has 0 aliphatic heterocycles. The van der Waals surface area contributed by atoms with E-state index in [0.717, 1.165) is 82.0 Å². The zero-order valence-electron chi connectivity index (χ0n) is 73.6. The van der Waals surface area contributed by atoms with Gasteiger partial charge in [-0.1, -0.05) is 158 Å². The molecule has 0 bridgehead atoms. The summed E-state index contributed by atoms with van der Waals surface area (Å²) in [5.74, 6) is 8.31. The summed E-state index contributed by atoms with van der Waals surface area (Å²) in [5.41, 5.74) is 10.7. The molecule has 0 saturated heterocycles. The first-order valence-corrected chi connectivity index (χ1v) is 38.5. The average Bonchev–Trinajstić information content (AvgIpc) is 0.802. The summed E-state index contributed by atoms with van der Waals surface area (Å²) in [5, 5.41) is 0. The molecule has 12 aromatic rings. The Bertz CT molecular complexity index is 4440. The van der Waals surface area contributed by atoms with Gasteiger partial charge in [-0.2, -0.15) is 0 Å². The molecule has 0 N–H and O–H groups in total. The second kappa shape index (κ2) is 59.4. The SMILES string of the molecule is CC(=O)OCOC(C)=O.CCOc1ccc(C)cc1.COC(=O)c1ccc(C(=O)OC)cc1.COC(C)=O.COc1ccc(-c2ccc(OC)cc2)cc1.COc1ccc(C(C)(C)c2ccc(OC)cc2)cc1.COc1ccc(C)cc1.COc1ccc(Cc2ccc(OC)cc2)cc1.COc1ccc(Oc2ccc(OC)cc2)cc1.c1ccccc1. The smallest absolute Gasteiger partial charge is 0.337 e. The Morgan fingerprint density at radius 3 is 0.721 bits per heavy atom. The summed E-state index contributed by atoms with van der Waals surface area (Å²) in [6, 6.07) is 97.7. The van der Waals surface area contributed by atoms with E-state index in [0.29, 0.717) is 11.1 Å². The van der Waals surface area contributed by atoms with Crippen LogP contribution in [0.4, 0.5) is 0 Å². The van der Waals surface area contributed by atoms with Crippen LogP contribution in [0.15, 0.2) is 303 Å². The molecule has 0 radical (unpaired) electrons. The Morgan fingerprint density at radius 1 is 0.270 bits per heavy atom.